The van der Waals surface area contributed by atoms with Crippen molar-refractivity contribution in [2.45, 2.75) is 51.5 Å². The van der Waals surface area contributed by atoms with Gasteiger partial charge in [-0.3, -0.25) is 0 Å². The van der Waals surface area contributed by atoms with Crippen molar-refractivity contribution >= 4 is 17.5 Å². The Morgan fingerprint density at radius 1 is 1.15 bits per heavy atom. The Morgan fingerprint density at radius 2 is 1.95 bits per heavy atom. The van der Waals surface area contributed by atoms with Crippen LogP contribution < -0.4 is 9.64 Å². The molecule has 1 aromatic rings. The smallest absolute Gasteiger partial charge is 0.322 e. The van der Waals surface area contributed by atoms with E-state index in [9.17, 15) is 0 Å². The summed E-state index contributed by atoms with van der Waals surface area (Å²) in [5.74, 6) is 1.47. The minimum Gasteiger partial charge on any atom is -0.464 e. The molecule has 2 aliphatic rings. The fourth-order valence-corrected chi connectivity index (χ4v) is 3.67. The summed E-state index contributed by atoms with van der Waals surface area (Å²) in [5.41, 5.74) is 0. The number of hydrogen-bond donors (Lipinski definition) is 0. The zero-order valence-electron chi connectivity index (χ0n) is 11.9. The highest BCUT2D eigenvalue weighted by Crippen LogP contribution is 2.37. The molecule has 1 saturated carbocycles. The molecule has 0 aromatic carbocycles. The SMILES string of the molecule is CCOc1nc(Cl)nc(N2CCCC3CCCCC32)n1. The lowest BCUT2D eigenvalue weighted by molar-refractivity contribution is 0.240. The number of anilines is 1. The number of rotatable bonds is 3. The van der Waals surface area contributed by atoms with Gasteiger partial charge in [-0.25, -0.2) is 0 Å². The van der Waals surface area contributed by atoms with Crippen LogP contribution in [0.25, 0.3) is 0 Å². The van der Waals surface area contributed by atoms with E-state index < -0.39 is 0 Å². The van der Waals surface area contributed by atoms with E-state index in [2.05, 4.69) is 19.9 Å². The van der Waals surface area contributed by atoms with Crippen LogP contribution in [0.1, 0.15) is 45.4 Å². The molecule has 0 bridgehead atoms. The van der Waals surface area contributed by atoms with Crippen LogP contribution in [0.5, 0.6) is 6.01 Å². The molecule has 2 unspecified atom stereocenters. The maximum absolute atomic E-state index is 6.01. The highest BCUT2D eigenvalue weighted by atomic mass is 35.5. The van der Waals surface area contributed by atoms with Crippen molar-refractivity contribution in [3.05, 3.63) is 5.28 Å². The highest BCUT2D eigenvalue weighted by Gasteiger charge is 2.34. The number of hydrogen-bond acceptors (Lipinski definition) is 5. The molecule has 1 aliphatic carbocycles. The monoisotopic (exact) mass is 296 g/mol. The van der Waals surface area contributed by atoms with Crippen molar-refractivity contribution in [1.82, 2.24) is 15.0 Å². The lowest BCUT2D eigenvalue weighted by Gasteiger charge is -2.44. The third kappa shape index (κ3) is 2.82. The number of ether oxygens (including phenoxy) is 1. The fourth-order valence-electron chi connectivity index (χ4n) is 3.52. The highest BCUT2D eigenvalue weighted by molar-refractivity contribution is 6.28. The molecule has 110 valence electrons. The van der Waals surface area contributed by atoms with E-state index in [1.165, 1.54) is 38.5 Å². The topological polar surface area (TPSA) is 51.1 Å². The number of fused-ring (bicyclic) bond motifs is 1. The van der Waals surface area contributed by atoms with Crippen molar-refractivity contribution in [2.75, 3.05) is 18.1 Å². The van der Waals surface area contributed by atoms with Crippen LogP contribution in [0, 0.1) is 5.92 Å². The van der Waals surface area contributed by atoms with Gasteiger partial charge in [0.1, 0.15) is 0 Å². The molecule has 1 aromatic heterocycles. The Balaban J connectivity index is 1.86. The van der Waals surface area contributed by atoms with Gasteiger partial charge in [-0.1, -0.05) is 12.8 Å². The van der Waals surface area contributed by atoms with E-state index in [4.69, 9.17) is 16.3 Å². The van der Waals surface area contributed by atoms with Gasteiger partial charge < -0.3 is 9.64 Å². The number of nitrogens with zero attached hydrogens (tertiary/aromatic N) is 4. The molecule has 2 heterocycles. The van der Waals surface area contributed by atoms with Crippen molar-refractivity contribution in [3.8, 4) is 6.01 Å². The summed E-state index contributed by atoms with van der Waals surface area (Å²) >= 11 is 6.01. The van der Waals surface area contributed by atoms with E-state index in [0.29, 0.717) is 24.6 Å². The summed E-state index contributed by atoms with van der Waals surface area (Å²) in [6, 6.07) is 0.894. The van der Waals surface area contributed by atoms with Crippen molar-refractivity contribution < 1.29 is 4.74 Å². The Labute approximate surface area is 124 Å². The summed E-state index contributed by atoms with van der Waals surface area (Å²) in [6.45, 7) is 3.45. The first-order valence-electron chi connectivity index (χ1n) is 7.59. The lowest BCUT2D eigenvalue weighted by atomic mass is 9.78. The van der Waals surface area contributed by atoms with Crippen LogP contribution >= 0.6 is 11.6 Å². The Hall–Kier alpha value is -1.10. The second-order valence-electron chi connectivity index (χ2n) is 5.57. The van der Waals surface area contributed by atoms with E-state index in [0.717, 1.165) is 12.5 Å². The van der Waals surface area contributed by atoms with E-state index in [1.54, 1.807) is 0 Å². The molecule has 5 nitrogen and oxygen atoms in total. The molecule has 3 rings (SSSR count). The Morgan fingerprint density at radius 3 is 2.80 bits per heavy atom. The predicted molar refractivity (Wildman–Crippen MR) is 78.3 cm³/mol. The summed E-state index contributed by atoms with van der Waals surface area (Å²) in [6.07, 6.45) is 7.76. The normalized spacial score (nSPS) is 26.2. The van der Waals surface area contributed by atoms with Gasteiger partial charge >= 0.3 is 6.01 Å². The van der Waals surface area contributed by atoms with Gasteiger partial charge in [-0.05, 0) is 50.1 Å². The molecule has 0 N–H and O–H groups in total. The van der Waals surface area contributed by atoms with Gasteiger partial charge in [-0.15, -0.1) is 0 Å². The van der Waals surface area contributed by atoms with E-state index in [-0.39, 0.29) is 5.28 Å². The largest absolute Gasteiger partial charge is 0.464 e. The molecule has 20 heavy (non-hydrogen) atoms. The first-order valence-corrected chi connectivity index (χ1v) is 7.96. The second kappa shape index (κ2) is 6.12. The molecule has 1 saturated heterocycles. The lowest BCUT2D eigenvalue weighted by Crippen LogP contribution is -2.47. The van der Waals surface area contributed by atoms with Gasteiger partial charge in [0, 0.05) is 12.6 Å². The fraction of sp³-hybridized carbons (Fsp3) is 0.786. The minimum atomic E-state index is 0.219. The summed E-state index contributed by atoms with van der Waals surface area (Å²) in [4.78, 5) is 15.1. The molecule has 0 radical (unpaired) electrons. The van der Waals surface area contributed by atoms with Crippen molar-refractivity contribution in [1.29, 1.82) is 0 Å². The van der Waals surface area contributed by atoms with Crippen LogP contribution in [0.3, 0.4) is 0 Å². The van der Waals surface area contributed by atoms with Crippen molar-refractivity contribution in [2.24, 2.45) is 5.92 Å². The molecular formula is C14H21ClN4O. The van der Waals surface area contributed by atoms with Gasteiger partial charge in [0.15, 0.2) is 0 Å². The van der Waals surface area contributed by atoms with Gasteiger partial charge in [0.25, 0.3) is 0 Å². The van der Waals surface area contributed by atoms with Gasteiger partial charge in [-0.2, -0.15) is 15.0 Å². The standard InChI is InChI=1S/C14H21ClN4O/c1-2-20-14-17-12(15)16-13(18-14)19-9-5-7-10-6-3-4-8-11(10)19/h10-11H,2-9H2,1H3. The maximum Gasteiger partial charge on any atom is 0.322 e. The summed E-state index contributed by atoms with van der Waals surface area (Å²) in [5, 5.41) is 0.219. The first kappa shape index (κ1) is 13.9. The van der Waals surface area contributed by atoms with E-state index in [1.807, 2.05) is 6.92 Å². The molecule has 2 fully saturated rings. The zero-order chi connectivity index (χ0) is 13.9. The zero-order valence-corrected chi connectivity index (χ0v) is 12.6. The Kier molecular flexibility index (Phi) is 4.24. The summed E-state index contributed by atoms with van der Waals surface area (Å²) < 4.78 is 5.38. The second-order valence-corrected chi connectivity index (χ2v) is 5.91. The van der Waals surface area contributed by atoms with Crippen molar-refractivity contribution in [3.63, 3.8) is 0 Å². The number of aromatic nitrogens is 3. The third-order valence-electron chi connectivity index (χ3n) is 4.35. The molecule has 6 heteroatoms. The Bertz CT molecular complexity index is 468. The van der Waals surface area contributed by atoms with Gasteiger partial charge in [0.2, 0.25) is 11.2 Å². The average molecular weight is 297 g/mol. The molecule has 0 spiro atoms. The third-order valence-corrected chi connectivity index (χ3v) is 4.52. The molecule has 0 amide bonds. The van der Waals surface area contributed by atoms with Crippen LogP contribution in [0.2, 0.25) is 5.28 Å². The first-order chi connectivity index (χ1) is 9.78. The number of piperidine rings is 1. The molecular weight excluding hydrogens is 276 g/mol. The average Bonchev–Trinajstić information content (AvgIpc) is 2.46. The predicted octanol–water partition coefficient (Wildman–Crippen LogP) is 3.08. The van der Waals surface area contributed by atoms with Crippen LogP contribution in [-0.2, 0) is 0 Å². The maximum atomic E-state index is 6.01. The quantitative estimate of drug-likeness (QED) is 0.858. The van der Waals surface area contributed by atoms with E-state index >= 15 is 0 Å². The van der Waals surface area contributed by atoms with Gasteiger partial charge in [0.05, 0.1) is 6.61 Å². The number of halogens is 1. The molecule has 2 atom stereocenters. The van der Waals surface area contributed by atoms with Crippen LogP contribution in [0.15, 0.2) is 0 Å². The summed E-state index contributed by atoms with van der Waals surface area (Å²) in [7, 11) is 0. The molecule has 1 aliphatic heterocycles. The van der Waals surface area contributed by atoms with Crippen LogP contribution in [0.4, 0.5) is 5.95 Å². The minimum absolute atomic E-state index is 0.219. The van der Waals surface area contributed by atoms with Crippen LogP contribution in [-0.4, -0.2) is 34.1 Å².